The van der Waals surface area contributed by atoms with E-state index < -0.39 is 0 Å². The van der Waals surface area contributed by atoms with E-state index in [2.05, 4.69) is 4.57 Å². The second-order valence-corrected chi connectivity index (χ2v) is 4.56. The van der Waals surface area contributed by atoms with Gasteiger partial charge in [0.15, 0.2) is 5.43 Å². The van der Waals surface area contributed by atoms with Gasteiger partial charge in [-0.25, -0.2) is 0 Å². The van der Waals surface area contributed by atoms with Crippen molar-refractivity contribution in [2.45, 2.75) is 40.2 Å². The molecule has 0 radical (unpaired) electrons. The summed E-state index contributed by atoms with van der Waals surface area (Å²) in [5.41, 5.74) is 2.11. The Bertz CT molecular complexity index is 369. The maximum Gasteiger partial charge on any atom is 0.182 e. The number of hydrogen-bond acceptors (Lipinski definition) is 2. The Morgan fingerprint density at radius 2 is 1.88 bits per heavy atom. The Morgan fingerprint density at radius 3 is 2.38 bits per heavy atom. The van der Waals surface area contributed by atoms with Crippen molar-refractivity contribution in [2.24, 2.45) is 5.92 Å². The lowest BCUT2D eigenvalue weighted by atomic mass is 10.1. The summed E-state index contributed by atoms with van der Waals surface area (Å²) in [6.45, 7) is 7.14. The fraction of sp³-hybridized carbons (Fsp3) is 0.615. The molecule has 0 saturated heterocycles. The van der Waals surface area contributed by atoms with E-state index in [0.717, 1.165) is 30.8 Å². The number of aliphatic hydroxyl groups excluding tert-OH is 1. The van der Waals surface area contributed by atoms with E-state index in [4.69, 9.17) is 5.11 Å². The summed E-state index contributed by atoms with van der Waals surface area (Å²) in [7, 11) is 0. The highest BCUT2D eigenvalue weighted by Crippen LogP contribution is 2.08. The number of rotatable bonds is 5. The lowest BCUT2D eigenvalue weighted by Crippen LogP contribution is -2.14. The van der Waals surface area contributed by atoms with E-state index in [-0.39, 0.29) is 12.0 Å². The molecular weight excluding hydrogens is 202 g/mol. The van der Waals surface area contributed by atoms with Gasteiger partial charge in [-0.1, -0.05) is 6.92 Å². The van der Waals surface area contributed by atoms with Crippen molar-refractivity contribution in [3.8, 4) is 0 Å². The van der Waals surface area contributed by atoms with Crippen molar-refractivity contribution in [3.05, 3.63) is 33.7 Å². The topological polar surface area (TPSA) is 42.2 Å². The highest BCUT2D eigenvalue weighted by atomic mass is 16.3. The van der Waals surface area contributed by atoms with Crippen LogP contribution in [0.5, 0.6) is 0 Å². The average Bonchev–Trinajstić information content (AvgIpc) is 2.21. The molecule has 90 valence electrons. The highest BCUT2D eigenvalue weighted by molar-refractivity contribution is 5.12. The number of pyridine rings is 1. The molecule has 0 aromatic carbocycles. The van der Waals surface area contributed by atoms with Gasteiger partial charge in [-0.05, 0) is 32.6 Å². The predicted molar refractivity (Wildman–Crippen MR) is 65.7 cm³/mol. The van der Waals surface area contributed by atoms with Crippen molar-refractivity contribution in [1.29, 1.82) is 0 Å². The predicted octanol–water partition coefficient (Wildman–Crippen LogP) is 1.87. The third-order valence-electron chi connectivity index (χ3n) is 2.94. The molecule has 0 saturated carbocycles. The summed E-state index contributed by atoms with van der Waals surface area (Å²) in [6, 6.07) is 3.34. The van der Waals surface area contributed by atoms with Crippen molar-refractivity contribution < 1.29 is 5.11 Å². The lowest BCUT2D eigenvalue weighted by Gasteiger charge is -2.15. The SMILES string of the molecule is Cc1cc(=O)cc(C)n1CCCC(C)CO. The Balaban J connectivity index is 2.64. The molecule has 0 aliphatic rings. The summed E-state index contributed by atoms with van der Waals surface area (Å²) in [5, 5.41) is 8.93. The van der Waals surface area contributed by atoms with Gasteiger partial charge in [-0.3, -0.25) is 4.79 Å². The van der Waals surface area contributed by atoms with E-state index in [1.54, 1.807) is 12.1 Å². The van der Waals surface area contributed by atoms with E-state index >= 15 is 0 Å². The van der Waals surface area contributed by atoms with Crippen LogP contribution in [-0.2, 0) is 6.54 Å². The number of aliphatic hydroxyl groups is 1. The Morgan fingerprint density at radius 1 is 1.31 bits per heavy atom. The third kappa shape index (κ3) is 3.49. The zero-order valence-corrected chi connectivity index (χ0v) is 10.4. The summed E-state index contributed by atoms with van der Waals surface area (Å²) >= 11 is 0. The molecule has 0 amide bonds. The molecule has 1 unspecified atom stereocenters. The van der Waals surface area contributed by atoms with Crippen LogP contribution in [0.15, 0.2) is 16.9 Å². The van der Waals surface area contributed by atoms with Crippen molar-refractivity contribution in [1.82, 2.24) is 4.57 Å². The maximum absolute atomic E-state index is 11.2. The Labute approximate surface area is 96.7 Å². The van der Waals surface area contributed by atoms with Gasteiger partial charge in [-0.15, -0.1) is 0 Å². The van der Waals surface area contributed by atoms with Crippen LogP contribution in [-0.4, -0.2) is 16.3 Å². The zero-order valence-electron chi connectivity index (χ0n) is 10.4. The van der Waals surface area contributed by atoms with Crippen LogP contribution >= 0.6 is 0 Å². The largest absolute Gasteiger partial charge is 0.396 e. The van der Waals surface area contributed by atoms with Gasteiger partial charge >= 0.3 is 0 Å². The maximum atomic E-state index is 11.2. The summed E-state index contributed by atoms with van der Waals surface area (Å²) in [6.07, 6.45) is 2.05. The zero-order chi connectivity index (χ0) is 12.1. The highest BCUT2D eigenvalue weighted by Gasteiger charge is 2.03. The average molecular weight is 223 g/mol. The van der Waals surface area contributed by atoms with Crippen LogP contribution in [0.25, 0.3) is 0 Å². The van der Waals surface area contributed by atoms with Gasteiger partial charge in [0.05, 0.1) is 0 Å². The van der Waals surface area contributed by atoms with Crippen LogP contribution in [0.3, 0.4) is 0 Å². The van der Waals surface area contributed by atoms with Crippen molar-refractivity contribution >= 4 is 0 Å². The quantitative estimate of drug-likeness (QED) is 0.828. The van der Waals surface area contributed by atoms with E-state index in [1.807, 2.05) is 20.8 Å². The minimum atomic E-state index is 0.0787. The molecule has 0 bridgehead atoms. The second kappa shape index (κ2) is 5.85. The molecule has 0 fully saturated rings. The summed E-state index contributed by atoms with van der Waals surface area (Å²) in [5.74, 6) is 0.361. The third-order valence-corrected chi connectivity index (χ3v) is 2.94. The minimum Gasteiger partial charge on any atom is -0.396 e. The first-order valence-electron chi connectivity index (χ1n) is 5.83. The molecule has 3 heteroatoms. The van der Waals surface area contributed by atoms with Crippen LogP contribution in [0.1, 0.15) is 31.2 Å². The summed E-state index contributed by atoms with van der Waals surface area (Å²) < 4.78 is 2.16. The van der Waals surface area contributed by atoms with E-state index in [9.17, 15) is 4.79 Å². The molecule has 1 heterocycles. The number of aromatic nitrogens is 1. The first-order chi connectivity index (χ1) is 7.54. The van der Waals surface area contributed by atoms with E-state index in [0.29, 0.717) is 5.92 Å². The number of nitrogens with zero attached hydrogens (tertiary/aromatic N) is 1. The Kier molecular flexibility index (Phi) is 4.74. The normalized spacial score (nSPS) is 12.8. The summed E-state index contributed by atoms with van der Waals surface area (Å²) in [4.78, 5) is 11.2. The molecule has 16 heavy (non-hydrogen) atoms. The lowest BCUT2D eigenvalue weighted by molar-refractivity contribution is 0.226. The van der Waals surface area contributed by atoms with Crippen molar-refractivity contribution in [2.75, 3.05) is 6.61 Å². The molecule has 0 aliphatic carbocycles. The number of hydrogen-bond donors (Lipinski definition) is 1. The molecule has 1 rings (SSSR count). The van der Waals surface area contributed by atoms with Gasteiger partial charge in [0.2, 0.25) is 0 Å². The monoisotopic (exact) mass is 223 g/mol. The van der Waals surface area contributed by atoms with Gasteiger partial charge in [0.1, 0.15) is 0 Å². The molecule has 1 atom stereocenters. The molecule has 1 aromatic heterocycles. The molecule has 0 spiro atoms. The van der Waals surface area contributed by atoms with Crippen LogP contribution in [0.2, 0.25) is 0 Å². The Hall–Kier alpha value is -1.09. The molecule has 1 aromatic rings. The minimum absolute atomic E-state index is 0.0787. The molecular formula is C13H21NO2. The fourth-order valence-electron chi connectivity index (χ4n) is 1.93. The standard InChI is InChI=1S/C13H21NO2/c1-10(9-15)5-4-6-14-11(2)7-13(16)8-12(14)3/h7-8,10,15H,4-6,9H2,1-3H3. The molecule has 0 aliphatic heterocycles. The van der Waals surface area contributed by atoms with Gasteiger partial charge in [-0.2, -0.15) is 0 Å². The van der Waals surface area contributed by atoms with Crippen molar-refractivity contribution in [3.63, 3.8) is 0 Å². The first kappa shape index (κ1) is 13.0. The van der Waals surface area contributed by atoms with Crippen LogP contribution in [0, 0.1) is 19.8 Å². The van der Waals surface area contributed by atoms with Crippen LogP contribution < -0.4 is 5.43 Å². The smallest absolute Gasteiger partial charge is 0.182 e. The van der Waals surface area contributed by atoms with Gasteiger partial charge < -0.3 is 9.67 Å². The molecule has 3 nitrogen and oxygen atoms in total. The van der Waals surface area contributed by atoms with Gasteiger partial charge in [0, 0.05) is 36.7 Å². The molecule has 1 N–H and O–H groups in total. The van der Waals surface area contributed by atoms with Crippen LogP contribution in [0.4, 0.5) is 0 Å². The fourth-order valence-corrected chi connectivity index (χ4v) is 1.93. The first-order valence-corrected chi connectivity index (χ1v) is 5.83. The second-order valence-electron chi connectivity index (χ2n) is 4.56. The van der Waals surface area contributed by atoms with E-state index in [1.165, 1.54) is 0 Å². The van der Waals surface area contributed by atoms with Gasteiger partial charge in [0.25, 0.3) is 0 Å². The number of aryl methyl sites for hydroxylation is 2.